The topological polar surface area (TPSA) is 66.3 Å². The minimum absolute atomic E-state index is 0.356. The van der Waals surface area contributed by atoms with Crippen LogP contribution in [-0.2, 0) is 11.3 Å². The third-order valence-electron chi connectivity index (χ3n) is 5.86. The van der Waals surface area contributed by atoms with Gasteiger partial charge in [-0.25, -0.2) is 9.97 Å². The van der Waals surface area contributed by atoms with Gasteiger partial charge in [0, 0.05) is 28.9 Å². The molecule has 1 aliphatic heterocycles. The summed E-state index contributed by atoms with van der Waals surface area (Å²) in [7, 11) is 0. The lowest BCUT2D eigenvalue weighted by molar-refractivity contribution is -0.142. The van der Waals surface area contributed by atoms with E-state index in [1.165, 1.54) is 12.8 Å². The Morgan fingerprint density at radius 1 is 1.22 bits per heavy atom. The van der Waals surface area contributed by atoms with E-state index >= 15 is 0 Å². The highest BCUT2D eigenvalue weighted by Crippen LogP contribution is 2.40. The maximum atomic E-state index is 11.8. The summed E-state index contributed by atoms with van der Waals surface area (Å²) in [5, 5.41) is 10.4. The van der Waals surface area contributed by atoms with Crippen LogP contribution in [0.5, 0.6) is 0 Å². The van der Waals surface area contributed by atoms with Crippen molar-refractivity contribution in [3.8, 4) is 11.4 Å². The van der Waals surface area contributed by atoms with Crippen molar-refractivity contribution in [1.82, 2.24) is 14.9 Å². The maximum absolute atomic E-state index is 11.8. The van der Waals surface area contributed by atoms with Crippen LogP contribution in [0.3, 0.4) is 0 Å². The summed E-state index contributed by atoms with van der Waals surface area (Å²) in [6.45, 7) is 2.51. The second-order valence-electron chi connectivity index (χ2n) is 7.71. The number of carboxylic acid groups (broad SMARTS) is 1. The minimum Gasteiger partial charge on any atom is -0.480 e. The first kappa shape index (κ1) is 18.4. The van der Waals surface area contributed by atoms with Crippen molar-refractivity contribution in [1.29, 1.82) is 0 Å². The van der Waals surface area contributed by atoms with E-state index in [2.05, 4.69) is 9.88 Å². The van der Waals surface area contributed by atoms with Gasteiger partial charge in [-0.1, -0.05) is 24.4 Å². The van der Waals surface area contributed by atoms with Crippen LogP contribution in [0.2, 0.25) is 5.02 Å². The number of rotatable bonds is 4. The second-order valence-corrected chi connectivity index (χ2v) is 8.14. The van der Waals surface area contributed by atoms with Crippen molar-refractivity contribution in [2.24, 2.45) is 5.92 Å². The molecule has 1 aromatic carbocycles. The molecule has 3 atom stereocenters. The third-order valence-corrected chi connectivity index (χ3v) is 6.11. The zero-order valence-electron chi connectivity index (χ0n) is 15.4. The van der Waals surface area contributed by atoms with E-state index in [0.717, 1.165) is 36.2 Å². The zero-order valence-corrected chi connectivity index (χ0v) is 16.2. The van der Waals surface area contributed by atoms with Crippen LogP contribution in [0, 0.1) is 12.8 Å². The molecule has 0 amide bonds. The standard InChI is InChI=1S/C21H24ClN3O2/c1-13-10-17(24-20(23-13)14-6-8-16(22)9-7-14)12-25-18-5-3-2-4-15(18)11-19(25)21(26)27/h6-10,15,18-19H,2-5,11-12H2,1H3,(H,26,27). The number of carbonyl (C=O) groups is 1. The van der Waals surface area contributed by atoms with Gasteiger partial charge in [0.1, 0.15) is 6.04 Å². The highest BCUT2D eigenvalue weighted by atomic mass is 35.5. The van der Waals surface area contributed by atoms with E-state index in [9.17, 15) is 9.90 Å². The predicted octanol–water partition coefficient (Wildman–Crippen LogP) is 4.32. The third kappa shape index (κ3) is 3.85. The van der Waals surface area contributed by atoms with E-state index in [1.807, 2.05) is 37.3 Å². The summed E-state index contributed by atoms with van der Waals surface area (Å²) in [4.78, 5) is 23.3. The number of halogens is 1. The van der Waals surface area contributed by atoms with Gasteiger partial charge in [0.2, 0.25) is 0 Å². The van der Waals surface area contributed by atoms with Crippen LogP contribution in [0.15, 0.2) is 30.3 Å². The van der Waals surface area contributed by atoms with E-state index < -0.39 is 12.0 Å². The molecule has 3 unspecified atom stereocenters. The van der Waals surface area contributed by atoms with Gasteiger partial charge in [-0.15, -0.1) is 0 Å². The normalized spacial score (nSPS) is 25.3. The highest BCUT2D eigenvalue weighted by molar-refractivity contribution is 6.30. The molecule has 6 heteroatoms. The molecule has 2 aromatic rings. The van der Waals surface area contributed by atoms with Crippen LogP contribution in [0.25, 0.3) is 11.4 Å². The monoisotopic (exact) mass is 385 g/mol. The van der Waals surface area contributed by atoms with E-state index in [1.54, 1.807) is 0 Å². The van der Waals surface area contributed by atoms with Crippen molar-refractivity contribution >= 4 is 17.6 Å². The van der Waals surface area contributed by atoms with Crippen molar-refractivity contribution < 1.29 is 9.90 Å². The first-order valence-electron chi connectivity index (χ1n) is 9.60. The molecule has 4 rings (SSSR count). The Morgan fingerprint density at radius 2 is 1.96 bits per heavy atom. The molecular formula is C21H24ClN3O2. The van der Waals surface area contributed by atoms with E-state index in [-0.39, 0.29) is 0 Å². The highest BCUT2D eigenvalue weighted by Gasteiger charge is 2.45. The fourth-order valence-corrected chi connectivity index (χ4v) is 4.78. The zero-order chi connectivity index (χ0) is 19.0. The number of fused-ring (bicyclic) bond motifs is 1. The van der Waals surface area contributed by atoms with Crippen molar-refractivity contribution in [3.63, 3.8) is 0 Å². The van der Waals surface area contributed by atoms with Gasteiger partial charge >= 0.3 is 5.97 Å². The molecule has 142 valence electrons. The van der Waals surface area contributed by atoms with Gasteiger partial charge in [-0.2, -0.15) is 0 Å². The van der Waals surface area contributed by atoms with Crippen LogP contribution in [0.4, 0.5) is 0 Å². The summed E-state index contributed by atoms with van der Waals surface area (Å²) >= 11 is 5.98. The van der Waals surface area contributed by atoms with E-state index in [4.69, 9.17) is 16.6 Å². The molecule has 27 heavy (non-hydrogen) atoms. The molecule has 1 aliphatic carbocycles. The number of aromatic nitrogens is 2. The van der Waals surface area contributed by atoms with Crippen LogP contribution >= 0.6 is 11.6 Å². The van der Waals surface area contributed by atoms with Gasteiger partial charge in [0.25, 0.3) is 0 Å². The summed E-state index contributed by atoms with van der Waals surface area (Å²) in [6.07, 6.45) is 5.39. The fraction of sp³-hybridized carbons (Fsp3) is 0.476. The lowest BCUT2D eigenvalue weighted by Gasteiger charge is -2.32. The van der Waals surface area contributed by atoms with Crippen molar-refractivity contribution in [2.45, 2.75) is 57.7 Å². The molecule has 1 aromatic heterocycles. The van der Waals surface area contributed by atoms with Gasteiger partial charge in [-0.05, 0) is 62.4 Å². The average Bonchev–Trinajstić information content (AvgIpc) is 3.01. The Bertz CT molecular complexity index is 840. The molecule has 1 N–H and O–H groups in total. The quantitative estimate of drug-likeness (QED) is 0.848. The lowest BCUT2D eigenvalue weighted by Crippen LogP contribution is -2.41. The molecule has 0 spiro atoms. The first-order valence-corrected chi connectivity index (χ1v) is 9.98. The number of benzene rings is 1. The van der Waals surface area contributed by atoms with Gasteiger partial charge < -0.3 is 5.11 Å². The number of likely N-dealkylation sites (tertiary alicyclic amines) is 1. The average molecular weight is 386 g/mol. The van der Waals surface area contributed by atoms with E-state index in [0.29, 0.717) is 29.4 Å². The molecule has 2 heterocycles. The molecule has 2 fully saturated rings. The number of aryl methyl sites for hydroxylation is 1. The Labute approximate surface area is 164 Å². The number of carboxylic acids is 1. The van der Waals surface area contributed by atoms with Crippen molar-refractivity contribution in [3.05, 3.63) is 46.7 Å². The molecular weight excluding hydrogens is 362 g/mol. The summed E-state index contributed by atoms with van der Waals surface area (Å²) in [5.74, 6) is 0.444. The van der Waals surface area contributed by atoms with Crippen LogP contribution in [-0.4, -0.2) is 38.0 Å². The fourth-order valence-electron chi connectivity index (χ4n) is 4.65. The Hall–Kier alpha value is -1.98. The smallest absolute Gasteiger partial charge is 0.320 e. The number of hydrogen-bond donors (Lipinski definition) is 1. The first-order chi connectivity index (χ1) is 13.0. The minimum atomic E-state index is -0.715. The largest absolute Gasteiger partial charge is 0.480 e. The summed E-state index contributed by atoms with van der Waals surface area (Å²) in [6, 6.07) is 9.39. The second kappa shape index (κ2) is 7.56. The summed E-state index contributed by atoms with van der Waals surface area (Å²) < 4.78 is 0. The van der Waals surface area contributed by atoms with Crippen LogP contribution in [0.1, 0.15) is 43.5 Å². The molecule has 0 radical (unpaired) electrons. The molecule has 2 aliphatic rings. The molecule has 0 bridgehead atoms. The van der Waals surface area contributed by atoms with Crippen molar-refractivity contribution in [2.75, 3.05) is 0 Å². The van der Waals surface area contributed by atoms with Gasteiger partial charge in [0.15, 0.2) is 5.82 Å². The van der Waals surface area contributed by atoms with Gasteiger partial charge in [0.05, 0.1) is 5.69 Å². The SMILES string of the molecule is Cc1cc(CN2C(C(=O)O)CC3CCCCC32)nc(-c2ccc(Cl)cc2)n1. The Kier molecular flexibility index (Phi) is 5.15. The Balaban J connectivity index is 1.63. The number of aliphatic carboxylic acids is 1. The number of hydrogen-bond acceptors (Lipinski definition) is 4. The molecule has 5 nitrogen and oxygen atoms in total. The molecule has 1 saturated heterocycles. The number of nitrogens with zero attached hydrogens (tertiary/aromatic N) is 3. The Morgan fingerprint density at radius 3 is 2.70 bits per heavy atom. The van der Waals surface area contributed by atoms with Crippen LogP contribution < -0.4 is 0 Å². The lowest BCUT2D eigenvalue weighted by atomic mass is 9.85. The predicted molar refractivity (Wildman–Crippen MR) is 105 cm³/mol. The summed E-state index contributed by atoms with van der Waals surface area (Å²) in [5.41, 5.74) is 2.68. The maximum Gasteiger partial charge on any atom is 0.320 e. The molecule has 1 saturated carbocycles. The van der Waals surface area contributed by atoms with Gasteiger partial charge in [-0.3, -0.25) is 9.69 Å².